The lowest BCUT2D eigenvalue weighted by Crippen LogP contribution is -2.30. The minimum absolute atomic E-state index is 0.151. The van der Waals surface area contributed by atoms with E-state index in [9.17, 15) is 14.7 Å². The van der Waals surface area contributed by atoms with Crippen LogP contribution in [0.2, 0.25) is 0 Å². The fraction of sp³-hybridized carbons (Fsp3) is 0.500. The Hall–Kier alpha value is -3.44. The van der Waals surface area contributed by atoms with Crippen LogP contribution in [0.3, 0.4) is 0 Å². The van der Waals surface area contributed by atoms with E-state index >= 15 is 0 Å². The van der Waals surface area contributed by atoms with Crippen LogP contribution in [0.4, 0.5) is 0 Å². The first-order chi connectivity index (χ1) is 21.3. The topological polar surface area (TPSA) is 72.8 Å². The molecule has 0 fully saturated rings. The average Bonchev–Trinajstić information content (AvgIpc) is 3.00. The number of carbonyl (C=O) groups is 2. The number of aliphatic hydroxyl groups is 1. The van der Waals surface area contributed by atoms with Gasteiger partial charge in [-0.15, -0.1) is 0 Å². The number of ether oxygens (including phenoxy) is 2. The zero-order chi connectivity index (χ0) is 32.9. The predicted molar refractivity (Wildman–Crippen MR) is 182 cm³/mol. The molecule has 0 heterocycles. The lowest BCUT2D eigenvalue weighted by atomic mass is 9.83. The maximum Gasteiger partial charge on any atom is 0.311 e. The molecule has 5 heteroatoms. The summed E-state index contributed by atoms with van der Waals surface area (Å²) in [7, 11) is 0. The summed E-state index contributed by atoms with van der Waals surface area (Å²) in [6.07, 6.45) is 5.61. The van der Waals surface area contributed by atoms with Crippen LogP contribution in [0.25, 0.3) is 0 Å². The van der Waals surface area contributed by atoms with E-state index in [1.165, 1.54) is 22.3 Å². The van der Waals surface area contributed by atoms with Gasteiger partial charge in [0.15, 0.2) is 0 Å². The maximum absolute atomic E-state index is 12.1. The molecule has 0 spiro atoms. The van der Waals surface area contributed by atoms with Gasteiger partial charge in [-0.05, 0) is 115 Å². The van der Waals surface area contributed by atoms with Crippen molar-refractivity contribution in [1.82, 2.24) is 0 Å². The molecule has 244 valence electrons. The molecular weight excluding hydrogens is 560 g/mol. The van der Waals surface area contributed by atoms with E-state index in [1.807, 2.05) is 53.7 Å². The van der Waals surface area contributed by atoms with Crippen molar-refractivity contribution in [2.24, 2.45) is 10.8 Å². The smallest absolute Gasteiger partial charge is 0.311 e. The second-order valence-electron chi connectivity index (χ2n) is 14.4. The fourth-order valence-corrected chi connectivity index (χ4v) is 5.37. The lowest BCUT2D eigenvalue weighted by Gasteiger charge is -2.29. The van der Waals surface area contributed by atoms with E-state index in [0.29, 0.717) is 45.3 Å². The number of hydrogen-bond acceptors (Lipinski definition) is 5. The molecule has 1 N–H and O–H groups in total. The molecule has 0 aromatic heterocycles. The lowest BCUT2D eigenvalue weighted by molar-refractivity contribution is -0.153. The third-order valence-electron chi connectivity index (χ3n) is 8.22. The number of hydrogen-bond donors (Lipinski definition) is 1. The first-order valence-corrected chi connectivity index (χ1v) is 16.5. The Morgan fingerprint density at radius 3 is 1.38 bits per heavy atom. The fourth-order valence-electron chi connectivity index (χ4n) is 5.37. The molecule has 3 aromatic carbocycles. The number of aryl methyl sites for hydroxylation is 1. The third kappa shape index (κ3) is 12.1. The molecule has 0 unspecified atom stereocenters. The van der Waals surface area contributed by atoms with Gasteiger partial charge >= 0.3 is 11.9 Å². The van der Waals surface area contributed by atoms with E-state index in [1.54, 1.807) is 0 Å². The summed E-state index contributed by atoms with van der Waals surface area (Å²) in [4.78, 5) is 24.2. The minimum atomic E-state index is -0.850. The minimum Gasteiger partial charge on any atom is -0.465 e. The average molecular weight is 615 g/mol. The molecule has 45 heavy (non-hydrogen) atoms. The van der Waals surface area contributed by atoms with Gasteiger partial charge in [0.1, 0.15) is 0 Å². The van der Waals surface area contributed by atoms with Crippen molar-refractivity contribution < 1.29 is 24.2 Å². The van der Waals surface area contributed by atoms with Crippen molar-refractivity contribution in [3.05, 3.63) is 107 Å². The third-order valence-corrected chi connectivity index (χ3v) is 8.22. The van der Waals surface area contributed by atoms with Crippen molar-refractivity contribution in [1.29, 1.82) is 0 Å². The summed E-state index contributed by atoms with van der Waals surface area (Å²) in [6, 6.07) is 30.0. The van der Waals surface area contributed by atoms with E-state index in [4.69, 9.17) is 9.47 Å². The van der Waals surface area contributed by atoms with Gasteiger partial charge in [0.25, 0.3) is 0 Å². The van der Waals surface area contributed by atoms with E-state index in [2.05, 4.69) is 72.8 Å². The van der Waals surface area contributed by atoms with Crippen LogP contribution in [0.1, 0.15) is 115 Å². The number of unbranched alkanes of at least 4 members (excludes halogenated alkanes) is 2. The molecule has 0 aliphatic heterocycles. The van der Waals surface area contributed by atoms with Gasteiger partial charge in [-0.1, -0.05) is 84.9 Å². The SMILES string of the molecule is CC(C)(C)C(=O)OCCCCC(O)(CCCCOC(=O)C(C)(C)C)CCc1ccc(C(c2ccccc2)c2ccccc2)cc1. The molecule has 0 saturated carbocycles. The molecule has 0 atom stereocenters. The summed E-state index contributed by atoms with van der Waals surface area (Å²) in [5.74, 6) is -0.251. The van der Waals surface area contributed by atoms with Crippen LogP contribution in [0.15, 0.2) is 84.9 Å². The van der Waals surface area contributed by atoms with E-state index < -0.39 is 16.4 Å². The van der Waals surface area contributed by atoms with Crippen molar-refractivity contribution in [3.63, 3.8) is 0 Å². The summed E-state index contributed by atoms with van der Waals surface area (Å²) < 4.78 is 10.9. The Kier molecular flexibility index (Phi) is 13.4. The van der Waals surface area contributed by atoms with E-state index in [0.717, 1.165) is 19.3 Å². The Labute approximate surface area is 271 Å². The van der Waals surface area contributed by atoms with Gasteiger partial charge < -0.3 is 14.6 Å². The largest absolute Gasteiger partial charge is 0.465 e. The van der Waals surface area contributed by atoms with Gasteiger partial charge in [0.05, 0.1) is 29.6 Å². The highest BCUT2D eigenvalue weighted by Crippen LogP contribution is 2.33. The second-order valence-corrected chi connectivity index (χ2v) is 14.4. The molecule has 3 aromatic rings. The molecule has 3 rings (SSSR count). The first kappa shape index (κ1) is 36.0. The van der Waals surface area contributed by atoms with Crippen molar-refractivity contribution in [2.75, 3.05) is 13.2 Å². The zero-order valence-electron chi connectivity index (χ0n) is 28.3. The molecule has 0 amide bonds. The van der Waals surface area contributed by atoms with Gasteiger partial charge in [-0.2, -0.15) is 0 Å². The van der Waals surface area contributed by atoms with Gasteiger partial charge in [0.2, 0.25) is 0 Å². The summed E-state index contributed by atoms with van der Waals surface area (Å²) in [6.45, 7) is 11.8. The van der Waals surface area contributed by atoms with Gasteiger partial charge in [0, 0.05) is 5.92 Å². The van der Waals surface area contributed by atoms with Gasteiger partial charge in [-0.25, -0.2) is 0 Å². The second kappa shape index (κ2) is 16.7. The monoisotopic (exact) mass is 614 g/mol. The standard InChI is InChI=1S/C40H54O5/c1-38(2,3)36(41)44-29-15-13-26-40(43,27-14-16-30-45-37(42)39(4,5)6)28-25-31-21-23-34(24-22-31)35(32-17-9-7-10-18-32)33-19-11-8-12-20-33/h7-12,17-24,35,43H,13-16,25-30H2,1-6H3. The molecule has 0 saturated heterocycles. The Bertz CT molecular complexity index is 1230. The highest BCUT2D eigenvalue weighted by atomic mass is 16.5. The highest BCUT2D eigenvalue weighted by molar-refractivity contribution is 5.75. The number of rotatable bonds is 16. The molecule has 0 aliphatic carbocycles. The van der Waals surface area contributed by atoms with Crippen LogP contribution in [-0.4, -0.2) is 35.9 Å². The summed E-state index contributed by atoms with van der Waals surface area (Å²) in [5, 5.41) is 11.8. The van der Waals surface area contributed by atoms with Crippen LogP contribution in [0.5, 0.6) is 0 Å². The van der Waals surface area contributed by atoms with Gasteiger partial charge in [-0.3, -0.25) is 9.59 Å². The normalized spacial score (nSPS) is 12.3. The Balaban J connectivity index is 1.63. The zero-order valence-corrected chi connectivity index (χ0v) is 28.3. The summed E-state index contributed by atoms with van der Waals surface area (Å²) >= 11 is 0. The maximum atomic E-state index is 12.1. The number of esters is 2. The molecule has 5 nitrogen and oxygen atoms in total. The number of benzene rings is 3. The van der Waals surface area contributed by atoms with Crippen LogP contribution < -0.4 is 0 Å². The van der Waals surface area contributed by atoms with E-state index in [-0.39, 0.29) is 17.9 Å². The highest BCUT2D eigenvalue weighted by Gasteiger charge is 2.27. The van der Waals surface area contributed by atoms with Crippen molar-refractivity contribution in [2.45, 2.75) is 104 Å². The van der Waals surface area contributed by atoms with Crippen LogP contribution >= 0.6 is 0 Å². The van der Waals surface area contributed by atoms with Crippen molar-refractivity contribution >= 4 is 11.9 Å². The molecule has 0 radical (unpaired) electrons. The Morgan fingerprint density at radius 2 is 0.978 bits per heavy atom. The van der Waals surface area contributed by atoms with Crippen LogP contribution in [0, 0.1) is 10.8 Å². The first-order valence-electron chi connectivity index (χ1n) is 16.5. The summed E-state index contributed by atoms with van der Waals surface area (Å²) in [5.41, 5.74) is 3.05. The van der Waals surface area contributed by atoms with Crippen LogP contribution in [-0.2, 0) is 25.5 Å². The molecular formula is C40H54O5. The number of carbonyl (C=O) groups excluding carboxylic acids is 2. The van der Waals surface area contributed by atoms with Crippen molar-refractivity contribution in [3.8, 4) is 0 Å². The molecule has 0 aliphatic rings. The molecule has 0 bridgehead atoms. The Morgan fingerprint density at radius 1 is 0.578 bits per heavy atom. The predicted octanol–water partition coefficient (Wildman–Crippen LogP) is 9.05. The quantitative estimate of drug-likeness (QED) is 0.0990.